The molecule has 0 aromatic rings. The number of ether oxygens (including phenoxy) is 2. The van der Waals surface area contributed by atoms with Crippen LogP contribution in [0.1, 0.15) is 26.7 Å². The Labute approximate surface area is 104 Å². The molecule has 0 spiro atoms. The van der Waals surface area contributed by atoms with E-state index in [1.165, 1.54) is 0 Å². The average Bonchev–Trinajstić information content (AvgIpc) is 2.37. The normalized spacial score (nSPS) is 13.5. The highest BCUT2D eigenvalue weighted by Crippen LogP contribution is 2.24. The molecule has 0 bridgehead atoms. The molecule has 0 saturated heterocycles. The molecule has 5 nitrogen and oxygen atoms in total. The second-order valence-electron chi connectivity index (χ2n) is 4.21. The lowest BCUT2D eigenvalue weighted by molar-refractivity contribution is -0.131. The van der Waals surface area contributed by atoms with Gasteiger partial charge in [-0.25, -0.2) is 0 Å². The van der Waals surface area contributed by atoms with E-state index in [0.717, 1.165) is 12.8 Å². The molecular weight excluding hydrogens is 220 g/mol. The fraction of sp³-hybridized carbons (Fsp3) is 0.917. The molecule has 0 aromatic carbocycles. The van der Waals surface area contributed by atoms with Gasteiger partial charge in [-0.2, -0.15) is 0 Å². The van der Waals surface area contributed by atoms with E-state index in [2.05, 4.69) is 5.32 Å². The summed E-state index contributed by atoms with van der Waals surface area (Å²) >= 11 is 0. The summed E-state index contributed by atoms with van der Waals surface area (Å²) in [6, 6.07) is 0. The number of carbonyl (C=O) groups is 1. The van der Waals surface area contributed by atoms with Crippen LogP contribution in [0.3, 0.4) is 0 Å². The lowest BCUT2D eigenvalue weighted by atomic mass is 9.81. The maximum atomic E-state index is 12.1. The molecule has 0 rings (SSSR count). The van der Waals surface area contributed by atoms with Gasteiger partial charge in [-0.15, -0.1) is 0 Å². The van der Waals surface area contributed by atoms with Crippen molar-refractivity contribution in [2.45, 2.75) is 32.8 Å². The zero-order valence-electron chi connectivity index (χ0n) is 11.4. The van der Waals surface area contributed by atoms with Gasteiger partial charge in [0.1, 0.15) is 0 Å². The van der Waals surface area contributed by atoms with E-state index >= 15 is 0 Å². The van der Waals surface area contributed by atoms with Crippen molar-refractivity contribution in [1.29, 1.82) is 0 Å². The van der Waals surface area contributed by atoms with Crippen molar-refractivity contribution in [3.8, 4) is 0 Å². The molecule has 0 aliphatic rings. The van der Waals surface area contributed by atoms with Gasteiger partial charge < -0.3 is 20.5 Å². The first-order valence-corrected chi connectivity index (χ1v) is 6.10. The summed E-state index contributed by atoms with van der Waals surface area (Å²) in [5.74, 6) is 0.00292. The van der Waals surface area contributed by atoms with Crippen LogP contribution in [-0.4, -0.2) is 45.9 Å². The van der Waals surface area contributed by atoms with Crippen LogP contribution < -0.4 is 11.1 Å². The maximum absolute atomic E-state index is 12.1. The second kappa shape index (κ2) is 8.44. The van der Waals surface area contributed by atoms with E-state index in [-0.39, 0.29) is 12.0 Å². The van der Waals surface area contributed by atoms with Crippen LogP contribution in [0.5, 0.6) is 0 Å². The maximum Gasteiger partial charge on any atom is 0.227 e. The molecule has 1 atom stereocenters. The summed E-state index contributed by atoms with van der Waals surface area (Å²) in [4.78, 5) is 12.1. The predicted molar refractivity (Wildman–Crippen MR) is 67.8 cm³/mol. The number of rotatable bonds is 9. The highest BCUT2D eigenvalue weighted by Gasteiger charge is 2.33. The van der Waals surface area contributed by atoms with E-state index in [0.29, 0.717) is 19.7 Å². The van der Waals surface area contributed by atoms with Crippen LogP contribution >= 0.6 is 0 Å². The molecule has 0 heterocycles. The fourth-order valence-electron chi connectivity index (χ4n) is 1.74. The van der Waals surface area contributed by atoms with Gasteiger partial charge in [0.25, 0.3) is 0 Å². The number of carbonyl (C=O) groups excluding carboxylic acids is 1. The Bertz CT molecular complexity index is 210. The van der Waals surface area contributed by atoms with Gasteiger partial charge in [-0.3, -0.25) is 4.79 Å². The summed E-state index contributed by atoms with van der Waals surface area (Å²) in [7, 11) is 3.21. The first kappa shape index (κ1) is 16.4. The zero-order chi connectivity index (χ0) is 13.3. The van der Waals surface area contributed by atoms with Crippen molar-refractivity contribution < 1.29 is 14.3 Å². The molecule has 5 heteroatoms. The van der Waals surface area contributed by atoms with E-state index < -0.39 is 5.41 Å². The quantitative estimate of drug-likeness (QED) is 0.622. The van der Waals surface area contributed by atoms with Gasteiger partial charge in [0.15, 0.2) is 0 Å². The molecule has 17 heavy (non-hydrogen) atoms. The minimum Gasteiger partial charge on any atom is -0.382 e. The SMILES string of the molecule is CCC(CC)(CN)C(=O)NCC(COC)OC. The van der Waals surface area contributed by atoms with Crippen molar-refractivity contribution in [3.63, 3.8) is 0 Å². The van der Waals surface area contributed by atoms with Crippen LogP contribution in [0.4, 0.5) is 0 Å². The average molecular weight is 246 g/mol. The molecule has 0 aromatic heterocycles. The Morgan fingerprint density at radius 1 is 1.35 bits per heavy atom. The summed E-state index contributed by atoms with van der Waals surface area (Å²) in [6.45, 7) is 5.25. The van der Waals surface area contributed by atoms with Crippen molar-refractivity contribution in [3.05, 3.63) is 0 Å². The second-order valence-corrected chi connectivity index (χ2v) is 4.21. The lowest BCUT2D eigenvalue weighted by Crippen LogP contribution is -2.48. The van der Waals surface area contributed by atoms with Gasteiger partial charge in [-0.1, -0.05) is 13.8 Å². The molecule has 0 saturated carbocycles. The summed E-state index contributed by atoms with van der Waals surface area (Å²) in [5, 5.41) is 2.89. The smallest absolute Gasteiger partial charge is 0.227 e. The summed E-state index contributed by atoms with van der Waals surface area (Å²) in [5.41, 5.74) is 5.26. The van der Waals surface area contributed by atoms with Crippen LogP contribution in [0, 0.1) is 5.41 Å². The topological polar surface area (TPSA) is 73.6 Å². The molecule has 102 valence electrons. The largest absolute Gasteiger partial charge is 0.382 e. The Balaban J connectivity index is 4.31. The monoisotopic (exact) mass is 246 g/mol. The Morgan fingerprint density at radius 2 is 1.94 bits per heavy atom. The third-order valence-corrected chi connectivity index (χ3v) is 3.40. The van der Waals surface area contributed by atoms with Crippen molar-refractivity contribution in [1.82, 2.24) is 5.32 Å². The third kappa shape index (κ3) is 4.61. The van der Waals surface area contributed by atoms with E-state index in [4.69, 9.17) is 15.2 Å². The molecular formula is C12H26N2O3. The number of amides is 1. The number of nitrogens with two attached hydrogens (primary N) is 1. The Kier molecular flexibility index (Phi) is 8.12. The molecule has 0 radical (unpaired) electrons. The molecule has 0 aliphatic heterocycles. The Hall–Kier alpha value is -0.650. The van der Waals surface area contributed by atoms with Gasteiger partial charge in [-0.05, 0) is 12.8 Å². The van der Waals surface area contributed by atoms with Crippen LogP contribution in [0.2, 0.25) is 0 Å². The summed E-state index contributed by atoms with van der Waals surface area (Å²) < 4.78 is 10.2. The van der Waals surface area contributed by atoms with E-state index in [1.54, 1.807) is 14.2 Å². The Morgan fingerprint density at radius 3 is 2.29 bits per heavy atom. The summed E-state index contributed by atoms with van der Waals surface area (Å²) in [6.07, 6.45) is 1.37. The molecule has 3 N–H and O–H groups in total. The van der Waals surface area contributed by atoms with Crippen LogP contribution in [-0.2, 0) is 14.3 Å². The molecule has 1 unspecified atom stereocenters. The molecule has 0 aliphatic carbocycles. The van der Waals surface area contributed by atoms with Crippen molar-refractivity contribution in [2.24, 2.45) is 11.1 Å². The van der Waals surface area contributed by atoms with E-state index in [9.17, 15) is 4.79 Å². The minimum atomic E-state index is -0.453. The standard InChI is InChI=1S/C12H26N2O3/c1-5-12(6-2,9-13)11(15)14-7-10(17-4)8-16-3/h10H,5-9,13H2,1-4H3,(H,14,15). The molecule has 0 fully saturated rings. The minimum absolute atomic E-state index is 0.00292. The van der Waals surface area contributed by atoms with Crippen molar-refractivity contribution >= 4 is 5.91 Å². The van der Waals surface area contributed by atoms with Crippen LogP contribution in [0.15, 0.2) is 0 Å². The zero-order valence-corrected chi connectivity index (χ0v) is 11.4. The first-order chi connectivity index (χ1) is 8.10. The van der Waals surface area contributed by atoms with Crippen molar-refractivity contribution in [2.75, 3.05) is 33.9 Å². The number of methoxy groups -OCH3 is 2. The first-order valence-electron chi connectivity index (χ1n) is 6.10. The third-order valence-electron chi connectivity index (χ3n) is 3.40. The van der Waals surface area contributed by atoms with Gasteiger partial charge >= 0.3 is 0 Å². The highest BCUT2D eigenvalue weighted by atomic mass is 16.5. The van der Waals surface area contributed by atoms with Crippen LogP contribution in [0.25, 0.3) is 0 Å². The molecule has 1 amide bonds. The highest BCUT2D eigenvalue weighted by molar-refractivity contribution is 5.82. The lowest BCUT2D eigenvalue weighted by Gasteiger charge is -2.29. The van der Waals surface area contributed by atoms with E-state index in [1.807, 2.05) is 13.8 Å². The van der Waals surface area contributed by atoms with Gasteiger partial charge in [0.2, 0.25) is 5.91 Å². The number of nitrogens with one attached hydrogen (secondary N) is 1. The number of hydrogen-bond acceptors (Lipinski definition) is 4. The van der Waals surface area contributed by atoms with Gasteiger partial charge in [0.05, 0.1) is 18.1 Å². The number of hydrogen-bond donors (Lipinski definition) is 2. The van der Waals surface area contributed by atoms with Gasteiger partial charge in [0, 0.05) is 27.3 Å². The predicted octanol–water partition coefficient (Wildman–Crippen LogP) is 0.529. The fourth-order valence-corrected chi connectivity index (χ4v) is 1.74.